The zero-order valence-electron chi connectivity index (χ0n) is 15.1. The first-order valence-corrected chi connectivity index (χ1v) is 9.08. The van der Waals surface area contributed by atoms with Crippen molar-refractivity contribution in [3.05, 3.63) is 35.9 Å². The quantitative estimate of drug-likeness (QED) is 0.764. The number of carbonyl (C=O) groups excluding carboxylic acids is 2. The van der Waals surface area contributed by atoms with Crippen molar-refractivity contribution in [2.75, 3.05) is 59.7 Å². The fraction of sp³-hybridized carbons (Fsp3) is 0.579. The second kappa shape index (κ2) is 6.98. The van der Waals surface area contributed by atoms with Crippen LogP contribution in [0.15, 0.2) is 30.3 Å². The molecule has 4 rings (SSSR count). The van der Waals surface area contributed by atoms with Gasteiger partial charge in [-0.15, -0.1) is 0 Å². The zero-order valence-corrected chi connectivity index (χ0v) is 15.1. The highest BCUT2D eigenvalue weighted by atomic mass is 16.5. The fourth-order valence-electron chi connectivity index (χ4n) is 4.45. The standard InChI is InChI=1S/C19H25N3O4/c1-25-11-17(23)20-9-16-10-26-8-7-22(16)19(12-20)13-21(14-19)18(24)15-5-3-2-4-6-15/h2-6,16H,7-14H2,1H3. The van der Waals surface area contributed by atoms with Crippen LogP contribution in [0.25, 0.3) is 0 Å². The molecule has 3 heterocycles. The van der Waals surface area contributed by atoms with Gasteiger partial charge in [0.05, 0.1) is 24.8 Å². The van der Waals surface area contributed by atoms with Gasteiger partial charge < -0.3 is 19.3 Å². The van der Waals surface area contributed by atoms with Gasteiger partial charge in [0.1, 0.15) is 6.61 Å². The van der Waals surface area contributed by atoms with Gasteiger partial charge in [-0.05, 0) is 12.1 Å². The molecular weight excluding hydrogens is 334 g/mol. The third kappa shape index (κ3) is 3.00. The summed E-state index contributed by atoms with van der Waals surface area (Å²) in [6, 6.07) is 9.55. The molecule has 0 aliphatic carbocycles. The summed E-state index contributed by atoms with van der Waals surface area (Å²) in [4.78, 5) is 31.3. The molecule has 2 amide bonds. The maximum atomic E-state index is 12.7. The molecule has 1 spiro atoms. The number of piperazine rings is 1. The van der Waals surface area contributed by atoms with E-state index in [0.29, 0.717) is 45.0 Å². The largest absolute Gasteiger partial charge is 0.378 e. The molecular formula is C19H25N3O4. The summed E-state index contributed by atoms with van der Waals surface area (Å²) in [6.45, 7) is 4.88. The molecule has 1 aromatic carbocycles. The Morgan fingerprint density at radius 3 is 2.65 bits per heavy atom. The van der Waals surface area contributed by atoms with Crippen molar-refractivity contribution >= 4 is 11.8 Å². The van der Waals surface area contributed by atoms with Crippen molar-refractivity contribution in [2.45, 2.75) is 11.6 Å². The molecule has 0 radical (unpaired) electrons. The van der Waals surface area contributed by atoms with Gasteiger partial charge >= 0.3 is 0 Å². The average molecular weight is 359 g/mol. The molecule has 1 atom stereocenters. The van der Waals surface area contributed by atoms with E-state index in [1.54, 1.807) is 0 Å². The van der Waals surface area contributed by atoms with Crippen LogP contribution in [0.4, 0.5) is 0 Å². The predicted molar refractivity (Wildman–Crippen MR) is 94.8 cm³/mol. The number of nitrogens with zero attached hydrogens (tertiary/aromatic N) is 3. The van der Waals surface area contributed by atoms with E-state index in [-0.39, 0.29) is 30.0 Å². The number of morpholine rings is 1. The molecule has 3 aliphatic rings. The lowest BCUT2D eigenvalue weighted by Gasteiger charge is -2.63. The zero-order chi connectivity index (χ0) is 18.1. The Morgan fingerprint density at radius 1 is 1.19 bits per heavy atom. The molecule has 0 aromatic heterocycles. The van der Waals surface area contributed by atoms with Gasteiger partial charge in [-0.2, -0.15) is 0 Å². The van der Waals surface area contributed by atoms with Gasteiger partial charge in [-0.25, -0.2) is 0 Å². The minimum absolute atomic E-state index is 0.00457. The van der Waals surface area contributed by atoms with Crippen LogP contribution in [0.5, 0.6) is 0 Å². The molecule has 3 fully saturated rings. The third-order valence-corrected chi connectivity index (χ3v) is 5.65. The molecule has 3 aliphatic heterocycles. The summed E-state index contributed by atoms with van der Waals surface area (Å²) in [5.41, 5.74) is 0.546. The summed E-state index contributed by atoms with van der Waals surface area (Å²) in [5, 5.41) is 0. The minimum Gasteiger partial charge on any atom is -0.378 e. The van der Waals surface area contributed by atoms with Crippen LogP contribution in [-0.2, 0) is 14.3 Å². The first-order chi connectivity index (χ1) is 12.6. The maximum Gasteiger partial charge on any atom is 0.253 e. The molecule has 7 nitrogen and oxygen atoms in total. The number of fused-ring (bicyclic) bond motifs is 2. The Bertz CT molecular complexity index is 675. The van der Waals surface area contributed by atoms with Gasteiger partial charge in [-0.1, -0.05) is 18.2 Å². The van der Waals surface area contributed by atoms with Crippen LogP contribution in [0.3, 0.4) is 0 Å². The predicted octanol–water partition coefficient (Wildman–Crippen LogP) is 0.0706. The SMILES string of the molecule is COCC(=O)N1CC2COCCN2C2(C1)CN(C(=O)c1ccccc1)C2. The lowest BCUT2D eigenvalue weighted by molar-refractivity contribution is -0.170. The fourth-order valence-corrected chi connectivity index (χ4v) is 4.45. The lowest BCUT2D eigenvalue weighted by Crippen LogP contribution is -2.81. The van der Waals surface area contributed by atoms with E-state index in [9.17, 15) is 9.59 Å². The number of likely N-dealkylation sites (tertiary alicyclic amines) is 1. The number of hydrogen-bond donors (Lipinski definition) is 0. The van der Waals surface area contributed by atoms with E-state index >= 15 is 0 Å². The Morgan fingerprint density at radius 2 is 1.92 bits per heavy atom. The van der Waals surface area contributed by atoms with Gasteiger partial charge in [-0.3, -0.25) is 14.5 Å². The lowest BCUT2D eigenvalue weighted by atomic mass is 9.82. The van der Waals surface area contributed by atoms with Crippen LogP contribution in [0, 0.1) is 0 Å². The van der Waals surface area contributed by atoms with E-state index in [4.69, 9.17) is 9.47 Å². The first kappa shape index (κ1) is 17.5. The monoisotopic (exact) mass is 359 g/mol. The van der Waals surface area contributed by atoms with Gasteiger partial charge in [0.2, 0.25) is 5.91 Å². The van der Waals surface area contributed by atoms with Crippen molar-refractivity contribution in [3.63, 3.8) is 0 Å². The maximum absolute atomic E-state index is 12.7. The summed E-state index contributed by atoms with van der Waals surface area (Å²) >= 11 is 0. The third-order valence-electron chi connectivity index (χ3n) is 5.65. The van der Waals surface area contributed by atoms with E-state index in [1.165, 1.54) is 7.11 Å². The van der Waals surface area contributed by atoms with Crippen molar-refractivity contribution in [2.24, 2.45) is 0 Å². The molecule has 26 heavy (non-hydrogen) atoms. The van der Waals surface area contributed by atoms with Crippen LogP contribution in [0.1, 0.15) is 10.4 Å². The van der Waals surface area contributed by atoms with E-state index in [0.717, 1.165) is 6.54 Å². The first-order valence-electron chi connectivity index (χ1n) is 9.08. The molecule has 3 saturated heterocycles. The Labute approximate surface area is 153 Å². The molecule has 1 aromatic rings. The van der Waals surface area contributed by atoms with Crippen molar-refractivity contribution in [3.8, 4) is 0 Å². The summed E-state index contributed by atoms with van der Waals surface area (Å²) in [7, 11) is 1.54. The topological polar surface area (TPSA) is 62.3 Å². The summed E-state index contributed by atoms with van der Waals surface area (Å²) < 4.78 is 10.7. The number of carbonyl (C=O) groups is 2. The molecule has 140 valence electrons. The van der Waals surface area contributed by atoms with E-state index < -0.39 is 0 Å². The van der Waals surface area contributed by atoms with Gasteiger partial charge in [0.15, 0.2) is 0 Å². The number of hydrogen-bond acceptors (Lipinski definition) is 5. The number of rotatable bonds is 3. The second-order valence-electron chi connectivity index (χ2n) is 7.38. The van der Waals surface area contributed by atoms with Crippen molar-refractivity contribution in [1.82, 2.24) is 14.7 Å². The van der Waals surface area contributed by atoms with Crippen molar-refractivity contribution in [1.29, 1.82) is 0 Å². The number of methoxy groups -OCH3 is 1. The normalized spacial score (nSPS) is 24.9. The van der Waals surface area contributed by atoms with E-state index in [2.05, 4.69) is 4.90 Å². The van der Waals surface area contributed by atoms with Crippen LogP contribution in [-0.4, -0.2) is 97.7 Å². The highest BCUT2D eigenvalue weighted by molar-refractivity contribution is 5.95. The minimum atomic E-state index is -0.166. The van der Waals surface area contributed by atoms with Crippen LogP contribution < -0.4 is 0 Å². The van der Waals surface area contributed by atoms with Crippen LogP contribution >= 0.6 is 0 Å². The average Bonchev–Trinajstić information content (AvgIpc) is 2.65. The smallest absolute Gasteiger partial charge is 0.253 e. The van der Waals surface area contributed by atoms with Gasteiger partial charge in [0, 0.05) is 45.4 Å². The number of ether oxygens (including phenoxy) is 2. The Kier molecular flexibility index (Phi) is 4.69. The van der Waals surface area contributed by atoms with Gasteiger partial charge in [0.25, 0.3) is 5.91 Å². The van der Waals surface area contributed by atoms with Crippen molar-refractivity contribution < 1.29 is 19.1 Å². The highest BCUT2D eigenvalue weighted by Gasteiger charge is 2.56. The summed E-state index contributed by atoms with van der Waals surface area (Å²) in [5.74, 6) is 0.0614. The Balaban J connectivity index is 1.50. The molecule has 7 heteroatoms. The summed E-state index contributed by atoms with van der Waals surface area (Å²) in [6.07, 6.45) is 0. The highest BCUT2D eigenvalue weighted by Crippen LogP contribution is 2.36. The molecule has 0 N–H and O–H groups in total. The number of benzene rings is 1. The molecule has 1 unspecified atom stereocenters. The second-order valence-corrected chi connectivity index (χ2v) is 7.38. The Hall–Kier alpha value is -1.96. The van der Waals surface area contributed by atoms with E-state index in [1.807, 2.05) is 40.1 Å². The van der Waals surface area contributed by atoms with Crippen LogP contribution in [0.2, 0.25) is 0 Å². The molecule has 0 bridgehead atoms. The molecule has 0 saturated carbocycles. The number of amides is 2.